The summed E-state index contributed by atoms with van der Waals surface area (Å²) in [5.74, 6) is -0.255. The van der Waals surface area contributed by atoms with Crippen LogP contribution in [0.4, 0.5) is 0 Å². The number of hydrogen-bond acceptors (Lipinski definition) is 2. The van der Waals surface area contributed by atoms with Gasteiger partial charge in [0.2, 0.25) is 11.8 Å². The smallest absolute Gasteiger partial charge is 0.247 e. The zero-order valence-electron chi connectivity index (χ0n) is 14.9. The zero-order valence-corrected chi connectivity index (χ0v) is 14.9. The highest BCUT2D eigenvalue weighted by Crippen LogP contribution is 2.23. The van der Waals surface area contributed by atoms with Gasteiger partial charge in [0.15, 0.2) is 0 Å². The van der Waals surface area contributed by atoms with E-state index in [0.717, 1.165) is 24.0 Å². The van der Waals surface area contributed by atoms with Crippen molar-refractivity contribution in [2.24, 2.45) is 0 Å². The summed E-state index contributed by atoms with van der Waals surface area (Å²) in [6, 6.07) is 18.6. The van der Waals surface area contributed by atoms with Gasteiger partial charge < -0.3 is 10.2 Å². The highest BCUT2D eigenvalue weighted by molar-refractivity contribution is 5.88. The van der Waals surface area contributed by atoms with E-state index in [-0.39, 0.29) is 11.8 Å². The van der Waals surface area contributed by atoms with E-state index in [9.17, 15) is 9.59 Å². The van der Waals surface area contributed by atoms with Gasteiger partial charge in [-0.3, -0.25) is 9.59 Å². The minimum absolute atomic E-state index is 0.122. The van der Waals surface area contributed by atoms with Crippen molar-refractivity contribution in [1.29, 1.82) is 0 Å². The Morgan fingerprint density at radius 3 is 2.16 bits per heavy atom. The average Bonchev–Trinajstić information content (AvgIpc) is 2.63. The number of nitrogens with one attached hydrogen (secondary N) is 1. The number of hydrogen-bond donors (Lipinski definition) is 1. The van der Waals surface area contributed by atoms with Crippen LogP contribution >= 0.6 is 0 Å². The van der Waals surface area contributed by atoms with Gasteiger partial charge in [0.1, 0.15) is 6.04 Å². The van der Waals surface area contributed by atoms with E-state index in [1.807, 2.05) is 60.7 Å². The summed E-state index contributed by atoms with van der Waals surface area (Å²) in [7, 11) is 0. The lowest BCUT2D eigenvalue weighted by Gasteiger charge is -2.30. The van der Waals surface area contributed by atoms with Gasteiger partial charge in [-0.25, -0.2) is 0 Å². The monoisotopic (exact) mass is 338 g/mol. The summed E-state index contributed by atoms with van der Waals surface area (Å²) in [6.07, 6.45) is 1.93. The molecule has 0 fully saturated rings. The lowest BCUT2D eigenvalue weighted by atomic mass is 10.0. The third-order valence-corrected chi connectivity index (χ3v) is 4.11. The standard InChI is InChI=1S/C21H26N2O2/c1-3-4-15-22-21(25)20(19-13-9-6-10-14-19)23(17(2)24)16-18-11-7-5-8-12-18/h5-14,20H,3-4,15-16H2,1-2H3,(H,22,25). The first kappa shape index (κ1) is 18.7. The molecular formula is C21H26N2O2. The molecule has 0 saturated carbocycles. The first-order valence-electron chi connectivity index (χ1n) is 8.77. The predicted octanol–water partition coefficient (Wildman–Crippen LogP) is 3.69. The number of rotatable bonds is 8. The van der Waals surface area contributed by atoms with E-state index in [0.29, 0.717) is 13.1 Å². The fourth-order valence-electron chi connectivity index (χ4n) is 2.76. The molecule has 0 spiro atoms. The van der Waals surface area contributed by atoms with E-state index in [2.05, 4.69) is 12.2 Å². The fraction of sp³-hybridized carbons (Fsp3) is 0.333. The molecule has 0 aliphatic heterocycles. The van der Waals surface area contributed by atoms with Gasteiger partial charge in [-0.05, 0) is 17.5 Å². The van der Waals surface area contributed by atoms with Gasteiger partial charge in [0.25, 0.3) is 0 Å². The Morgan fingerprint density at radius 1 is 1.00 bits per heavy atom. The van der Waals surface area contributed by atoms with Gasteiger partial charge in [-0.15, -0.1) is 0 Å². The SMILES string of the molecule is CCCCNC(=O)C(c1ccccc1)N(Cc1ccccc1)C(C)=O. The molecule has 132 valence electrons. The van der Waals surface area contributed by atoms with Crippen LogP contribution in [0.2, 0.25) is 0 Å². The van der Waals surface area contributed by atoms with Crippen molar-refractivity contribution in [2.45, 2.75) is 39.3 Å². The van der Waals surface area contributed by atoms with Crippen molar-refractivity contribution in [2.75, 3.05) is 6.54 Å². The van der Waals surface area contributed by atoms with Crippen LogP contribution in [-0.4, -0.2) is 23.3 Å². The third-order valence-electron chi connectivity index (χ3n) is 4.11. The van der Waals surface area contributed by atoms with Crippen LogP contribution in [-0.2, 0) is 16.1 Å². The Kier molecular flexibility index (Phi) is 7.20. The van der Waals surface area contributed by atoms with Crippen LogP contribution in [0.25, 0.3) is 0 Å². The van der Waals surface area contributed by atoms with Crippen LogP contribution < -0.4 is 5.32 Å². The molecule has 1 atom stereocenters. The van der Waals surface area contributed by atoms with Crippen LogP contribution in [0.3, 0.4) is 0 Å². The molecule has 25 heavy (non-hydrogen) atoms. The molecule has 0 aromatic heterocycles. The second-order valence-electron chi connectivity index (χ2n) is 6.09. The van der Waals surface area contributed by atoms with Crippen molar-refractivity contribution in [1.82, 2.24) is 10.2 Å². The Bertz CT molecular complexity index is 671. The number of carbonyl (C=O) groups is 2. The molecule has 2 aromatic carbocycles. The lowest BCUT2D eigenvalue weighted by molar-refractivity contribution is -0.140. The largest absolute Gasteiger partial charge is 0.354 e. The average molecular weight is 338 g/mol. The Morgan fingerprint density at radius 2 is 1.60 bits per heavy atom. The molecule has 2 amide bonds. The van der Waals surface area contributed by atoms with Gasteiger partial charge in [0, 0.05) is 20.0 Å². The van der Waals surface area contributed by atoms with E-state index >= 15 is 0 Å². The second-order valence-corrected chi connectivity index (χ2v) is 6.09. The quantitative estimate of drug-likeness (QED) is 0.746. The summed E-state index contributed by atoms with van der Waals surface area (Å²) < 4.78 is 0. The third kappa shape index (κ3) is 5.45. The van der Waals surface area contributed by atoms with Gasteiger partial charge in [0.05, 0.1) is 0 Å². The van der Waals surface area contributed by atoms with Crippen LogP contribution in [0.5, 0.6) is 0 Å². The number of benzene rings is 2. The van der Waals surface area contributed by atoms with Gasteiger partial charge in [-0.2, -0.15) is 0 Å². The van der Waals surface area contributed by atoms with Crippen LogP contribution in [0.15, 0.2) is 60.7 Å². The minimum Gasteiger partial charge on any atom is -0.354 e. The summed E-state index contributed by atoms with van der Waals surface area (Å²) in [4.78, 5) is 26.8. The van der Waals surface area contributed by atoms with Crippen LogP contribution in [0.1, 0.15) is 43.9 Å². The topological polar surface area (TPSA) is 49.4 Å². The fourth-order valence-corrected chi connectivity index (χ4v) is 2.76. The first-order valence-corrected chi connectivity index (χ1v) is 8.77. The maximum absolute atomic E-state index is 12.8. The lowest BCUT2D eigenvalue weighted by Crippen LogP contribution is -2.42. The summed E-state index contributed by atoms with van der Waals surface area (Å²) in [5.41, 5.74) is 1.82. The molecule has 1 N–H and O–H groups in total. The summed E-state index contributed by atoms with van der Waals surface area (Å²) in [5, 5.41) is 2.97. The van der Waals surface area contributed by atoms with Crippen molar-refractivity contribution >= 4 is 11.8 Å². The molecule has 1 unspecified atom stereocenters. The van der Waals surface area contributed by atoms with Gasteiger partial charge >= 0.3 is 0 Å². The molecular weight excluding hydrogens is 312 g/mol. The second kappa shape index (κ2) is 9.62. The predicted molar refractivity (Wildman–Crippen MR) is 99.8 cm³/mol. The summed E-state index contributed by atoms with van der Waals surface area (Å²) in [6.45, 7) is 4.61. The normalized spacial score (nSPS) is 11.6. The Hall–Kier alpha value is -2.62. The molecule has 2 aromatic rings. The molecule has 0 aliphatic rings. The molecule has 0 aliphatic carbocycles. The number of nitrogens with zero attached hydrogens (tertiary/aromatic N) is 1. The number of carbonyl (C=O) groups excluding carboxylic acids is 2. The molecule has 0 saturated heterocycles. The zero-order chi connectivity index (χ0) is 18.1. The molecule has 4 heteroatoms. The molecule has 0 bridgehead atoms. The Labute approximate surface area is 149 Å². The van der Waals surface area contributed by atoms with E-state index < -0.39 is 6.04 Å². The number of unbranched alkanes of at least 4 members (excludes halogenated alkanes) is 1. The van der Waals surface area contributed by atoms with E-state index in [4.69, 9.17) is 0 Å². The van der Waals surface area contributed by atoms with Crippen molar-refractivity contribution in [3.63, 3.8) is 0 Å². The van der Waals surface area contributed by atoms with E-state index in [1.54, 1.807) is 4.90 Å². The van der Waals surface area contributed by atoms with Crippen molar-refractivity contribution < 1.29 is 9.59 Å². The highest BCUT2D eigenvalue weighted by atomic mass is 16.2. The highest BCUT2D eigenvalue weighted by Gasteiger charge is 2.29. The summed E-state index contributed by atoms with van der Waals surface area (Å²) >= 11 is 0. The maximum atomic E-state index is 12.8. The molecule has 4 nitrogen and oxygen atoms in total. The van der Waals surface area contributed by atoms with Crippen molar-refractivity contribution in [3.05, 3.63) is 71.8 Å². The number of amides is 2. The molecule has 2 rings (SSSR count). The minimum atomic E-state index is -0.629. The first-order chi connectivity index (χ1) is 12.1. The van der Waals surface area contributed by atoms with Crippen molar-refractivity contribution in [3.8, 4) is 0 Å². The van der Waals surface area contributed by atoms with E-state index in [1.165, 1.54) is 6.92 Å². The van der Waals surface area contributed by atoms with Crippen LogP contribution in [0, 0.1) is 0 Å². The Balaban J connectivity index is 2.29. The molecule has 0 heterocycles. The van der Waals surface area contributed by atoms with Gasteiger partial charge in [-0.1, -0.05) is 74.0 Å². The maximum Gasteiger partial charge on any atom is 0.247 e. The molecule has 0 radical (unpaired) electrons.